The Morgan fingerprint density at radius 1 is 1.10 bits per heavy atom. The summed E-state index contributed by atoms with van der Waals surface area (Å²) in [5, 5.41) is 12.8. The van der Waals surface area contributed by atoms with Crippen LogP contribution in [0.15, 0.2) is 47.1 Å². The number of hydrogen-bond acceptors (Lipinski definition) is 7. The zero-order valence-electron chi connectivity index (χ0n) is 16.2. The van der Waals surface area contributed by atoms with Crippen LogP contribution in [0.4, 0.5) is 5.69 Å². The molecule has 0 aliphatic rings. The highest BCUT2D eigenvalue weighted by Gasteiger charge is 2.20. The molecule has 0 aliphatic carbocycles. The van der Waals surface area contributed by atoms with Crippen LogP contribution >= 0.6 is 0 Å². The number of methoxy groups -OCH3 is 2. The number of nitrogens with one attached hydrogen (secondary N) is 1. The van der Waals surface area contributed by atoms with Crippen molar-refractivity contribution in [3.05, 3.63) is 48.2 Å². The Bertz CT molecular complexity index is 1040. The Labute approximate surface area is 167 Å². The molecule has 0 unspecified atom stereocenters. The third-order valence-corrected chi connectivity index (χ3v) is 4.30. The van der Waals surface area contributed by atoms with Crippen molar-refractivity contribution >= 4 is 28.5 Å². The van der Waals surface area contributed by atoms with E-state index in [0.29, 0.717) is 33.7 Å². The first-order chi connectivity index (χ1) is 13.9. The second-order valence-corrected chi connectivity index (χ2v) is 6.31. The van der Waals surface area contributed by atoms with Gasteiger partial charge in [-0.3, -0.25) is 9.59 Å². The molecule has 0 spiro atoms. The van der Waals surface area contributed by atoms with E-state index in [2.05, 4.69) is 5.32 Å². The van der Waals surface area contributed by atoms with Crippen molar-refractivity contribution in [2.24, 2.45) is 0 Å². The average Bonchev–Trinajstić information content (AvgIpc) is 3.09. The molecule has 8 heteroatoms. The highest BCUT2D eigenvalue weighted by atomic mass is 16.5. The minimum atomic E-state index is -1.00. The SMILES string of the molecule is COc1ccc(NC(=O)[C@H](C)OC(=O)Cc2coc3cc(O)ccc23)cc1OC. The van der Waals surface area contributed by atoms with E-state index in [-0.39, 0.29) is 12.2 Å². The van der Waals surface area contributed by atoms with E-state index in [1.54, 1.807) is 24.3 Å². The lowest BCUT2D eigenvalue weighted by Crippen LogP contribution is -2.30. The van der Waals surface area contributed by atoms with Gasteiger partial charge in [-0.05, 0) is 31.2 Å². The minimum Gasteiger partial charge on any atom is -0.508 e. The van der Waals surface area contributed by atoms with Crippen molar-refractivity contribution in [3.63, 3.8) is 0 Å². The number of esters is 1. The molecule has 0 saturated heterocycles. The fourth-order valence-electron chi connectivity index (χ4n) is 2.81. The standard InChI is InChI=1S/C21H21NO7/c1-12(21(25)22-14-4-7-17(26-2)19(9-14)27-3)29-20(24)8-13-11-28-18-10-15(23)5-6-16(13)18/h4-7,9-12,23H,8H2,1-3H3,(H,22,25)/t12-/m0/s1. The van der Waals surface area contributed by atoms with E-state index in [4.69, 9.17) is 18.6 Å². The fourth-order valence-corrected chi connectivity index (χ4v) is 2.81. The summed E-state index contributed by atoms with van der Waals surface area (Å²) >= 11 is 0. The molecular weight excluding hydrogens is 378 g/mol. The first-order valence-corrected chi connectivity index (χ1v) is 8.82. The van der Waals surface area contributed by atoms with Crippen LogP contribution in [0.3, 0.4) is 0 Å². The number of furan rings is 1. The summed E-state index contributed by atoms with van der Waals surface area (Å²) < 4.78 is 20.9. The van der Waals surface area contributed by atoms with Crippen LogP contribution in [0, 0.1) is 0 Å². The second kappa shape index (κ2) is 8.55. The van der Waals surface area contributed by atoms with E-state index >= 15 is 0 Å². The molecule has 1 heterocycles. The zero-order chi connectivity index (χ0) is 21.0. The van der Waals surface area contributed by atoms with E-state index < -0.39 is 18.0 Å². The molecule has 0 fully saturated rings. The number of rotatable bonds is 7. The molecule has 0 aliphatic heterocycles. The Morgan fingerprint density at radius 2 is 1.86 bits per heavy atom. The molecular formula is C21H21NO7. The first-order valence-electron chi connectivity index (χ1n) is 8.82. The van der Waals surface area contributed by atoms with Crippen molar-refractivity contribution in [3.8, 4) is 17.2 Å². The van der Waals surface area contributed by atoms with Gasteiger partial charge in [-0.25, -0.2) is 0 Å². The molecule has 152 valence electrons. The molecule has 0 saturated carbocycles. The monoisotopic (exact) mass is 399 g/mol. The Hall–Kier alpha value is -3.68. The van der Waals surface area contributed by atoms with Crippen LogP contribution in [0.5, 0.6) is 17.2 Å². The van der Waals surface area contributed by atoms with Crippen molar-refractivity contribution in [2.45, 2.75) is 19.4 Å². The molecule has 2 aromatic carbocycles. The molecule has 29 heavy (non-hydrogen) atoms. The number of amides is 1. The number of anilines is 1. The van der Waals surface area contributed by atoms with Gasteiger partial charge in [-0.2, -0.15) is 0 Å². The van der Waals surface area contributed by atoms with Crippen LogP contribution in [0.2, 0.25) is 0 Å². The number of carbonyl (C=O) groups is 2. The predicted octanol–water partition coefficient (Wildman–Crippen LogP) is 3.27. The fraction of sp³-hybridized carbons (Fsp3) is 0.238. The van der Waals surface area contributed by atoms with Gasteiger partial charge in [0.1, 0.15) is 11.3 Å². The van der Waals surface area contributed by atoms with Crippen LogP contribution in [-0.2, 0) is 20.7 Å². The van der Waals surface area contributed by atoms with Gasteiger partial charge in [0.25, 0.3) is 5.91 Å². The highest BCUT2D eigenvalue weighted by Crippen LogP contribution is 2.30. The number of ether oxygens (including phenoxy) is 3. The molecule has 3 rings (SSSR count). The van der Waals surface area contributed by atoms with E-state index in [0.717, 1.165) is 0 Å². The smallest absolute Gasteiger partial charge is 0.311 e. The van der Waals surface area contributed by atoms with Gasteiger partial charge in [0.15, 0.2) is 17.6 Å². The number of phenols is 1. The number of benzene rings is 2. The summed E-state index contributed by atoms with van der Waals surface area (Å²) in [5.41, 5.74) is 1.56. The molecule has 0 bridgehead atoms. The Kier molecular flexibility index (Phi) is 5.92. The molecule has 2 N–H and O–H groups in total. The van der Waals surface area contributed by atoms with Gasteiger partial charge in [0, 0.05) is 28.8 Å². The van der Waals surface area contributed by atoms with Crippen LogP contribution in [0.25, 0.3) is 11.0 Å². The Balaban J connectivity index is 1.61. The topological polar surface area (TPSA) is 107 Å². The minimum absolute atomic E-state index is 0.0637. The van der Waals surface area contributed by atoms with Gasteiger partial charge in [-0.1, -0.05) is 0 Å². The summed E-state index contributed by atoms with van der Waals surface area (Å²) in [4.78, 5) is 24.6. The summed E-state index contributed by atoms with van der Waals surface area (Å²) in [6.07, 6.45) is 0.365. The summed E-state index contributed by atoms with van der Waals surface area (Å²) in [6.45, 7) is 1.49. The summed E-state index contributed by atoms with van der Waals surface area (Å²) in [5.74, 6) is 0.0168. The van der Waals surface area contributed by atoms with Gasteiger partial charge in [-0.15, -0.1) is 0 Å². The van der Waals surface area contributed by atoms with Gasteiger partial charge < -0.3 is 29.1 Å². The average molecular weight is 399 g/mol. The van der Waals surface area contributed by atoms with Gasteiger partial charge >= 0.3 is 5.97 Å². The maximum absolute atomic E-state index is 12.3. The normalized spacial score (nSPS) is 11.7. The van der Waals surface area contributed by atoms with Crippen molar-refractivity contribution in [1.82, 2.24) is 0 Å². The quantitative estimate of drug-likeness (QED) is 0.587. The third-order valence-electron chi connectivity index (χ3n) is 4.30. The third kappa shape index (κ3) is 4.60. The maximum atomic E-state index is 12.3. The molecule has 1 amide bonds. The first kappa shape index (κ1) is 20.1. The van der Waals surface area contributed by atoms with Crippen LogP contribution < -0.4 is 14.8 Å². The number of carbonyl (C=O) groups excluding carboxylic acids is 2. The van der Waals surface area contributed by atoms with E-state index in [1.807, 2.05) is 0 Å². The summed E-state index contributed by atoms with van der Waals surface area (Å²) in [6, 6.07) is 9.55. The molecule has 3 aromatic rings. The highest BCUT2D eigenvalue weighted by molar-refractivity contribution is 5.95. The van der Waals surface area contributed by atoms with E-state index in [9.17, 15) is 14.7 Å². The molecule has 1 atom stereocenters. The predicted molar refractivity (Wildman–Crippen MR) is 105 cm³/mol. The van der Waals surface area contributed by atoms with Gasteiger partial charge in [0.2, 0.25) is 0 Å². The number of fused-ring (bicyclic) bond motifs is 1. The van der Waals surface area contributed by atoms with Crippen molar-refractivity contribution in [1.29, 1.82) is 0 Å². The largest absolute Gasteiger partial charge is 0.508 e. The lowest BCUT2D eigenvalue weighted by atomic mass is 10.1. The second-order valence-electron chi connectivity index (χ2n) is 6.31. The van der Waals surface area contributed by atoms with Gasteiger partial charge in [0.05, 0.1) is 26.9 Å². The van der Waals surface area contributed by atoms with Crippen LogP contribution in [0.1, 0.15) is 12.5 Å². The molecule has 8 nitrogen and oxygen atoms in total. The number of aromatic hydroxyl groups is 1. The zero-order valence-corrected chi connectivity index (χ0v) is 16.2. The van der Waals surface area contributed by atoms with Crippen molar-refractivity contribution in [2.75, 3.05) is 19.5 Å². The van der Waals surface area contributed by atoms with Crippen LogP contribution in [-0.4, -0.2) is 37.3 Å². The lowest BCUT2D eigenvalue weighted by Gasteiger charge is -2.14. The lowest BCUT2D eigenvalue weighted by molar-refractivity contribution is -0.152. The number of phenolic OH excluding ortho intramolecular Hbond substituents is 1. The van der Waals surface area contributed by atoms with Crippen molar-refractivity contribution < 1.29 is 33.3 Å². The Morgan fingerprint density at radius 3 is 2.59 bits per heavy atom. The maximum Gasteiger partial charge on any atom is 0.311 e. The molecule has 1 aromatic heterocycles. The summed E-state index contributed by atoms with van der Waals surface area (Å²) in [7, 11) is 3.01. The number of hydrogen-bond donors (Lipinski definition) is 2. The van der Waals surface area contributed by atoms with E-state index in [1.165, 1.54) is 39.5 Å². The molecule has 0 radical (unpaired) electrons.